The molecule has 28 valence electrons. The van der Waals surface area contributed by atoms with E-state index in [4.69, 9.17) is 5.11 Å². The van der Waals surface area contributed by atoms with E-state index in [1.807, 2.05) is 0 Å². The predicted molar refractivity (Wildman–Crippen MR) is 16.5 cm³/mol. The van der Waals surface area contributed by atoms with Gasteiger partial charge in [-0.05, 0) is 0 Å². The summed E-state index contributed by atoms with van der Waals surface area (Å²) < 4.78 is 0. The van der Waals surface area contributed by atoms with Crippen LogP contribution < -0.4 is 18.9 Å². The molecule has 0 aromatic carbocycles. The second-order valence-electron chi connectivity index (χ2n) is 0.505. The Hall–Kier alpha value is -0.193. The van der Waals surface area contributed by atoms with Gasteiger partial charge < -0.3 is 9.90 Å². The van der Waals surface area contributed by atoms with Gasteiger partial charge in [0.15, 0.2) is 5.97 Å². The normalized spacial score (nSPS) is 5.33. The Morgan fingerprint density at radius 3 is 2.00 bits per heavy atom. The van der Waals surface area contributed by atoms with Gasteiger partial charge in [0, 0.05) is 0 Å². The van der Waals surface area contributed by atoms with Crippen molar-refractivity contribution in [3.8, 4) is 0 Å². The first-order valence-corrected chi connectivity index (χ1v) is 1.05. The number of carboxylic acids is 1. The number of carboxylic acid groups (broad SMARTS) is 1. The molecule has 0 aromatic rings. The maximum atomic E-state index is 9.19. The summed E-state index contributed by atoms with van der Waals surface area (Å²) >= 11 is 0. The fraction of sp³-hybridized carbons (Fsp3) is 0. The summed E-state index contributed by atoms with van der Waals surface area (Å²) in [5.74, 6) is -1.09. The zero-order chi connectivity index (χ0) is 4.28. The van der Waals surface area contributed by atoms with Crippen LogP contribution in [0.15, 0.2) is 6.08 Å². The molecular formula is C3H3LiO2. The number of aliphatic carboxylic acids is 1. The molecule has 0 bridgehead atoms. The van der Waals surface area contributed by atoms with Gasteiger partial charge >= 0.3 is 18.9 Å². The first-order chi connectivity index (χ1) is 2.27. The molecule has 0 amide bonds. The van der Waals surface area contributed by atoms with Crippen molar-refractivity contribution in [1.82, 2.24) is 0 Å². The number of hydrogen-bond donors (Lipinski definition) is 1. The van der Waals surface area contributed by atoms with E-state index < -0.39 is 5.97 Å². The molecule has 0 aliphatic heterocycles. The van der Waals surface area contributed by atoms with Crippen LogP contribution in [-0.2, 0) is 4.79 Å². The monoisotopic (exact) mass is 78.0 g/mol. The first kappa shape index (κ1) is 9.26. The van der Waals surface area contributed by atoms with Gasteiger partial charge in [-0.2, -0.15) is 6.08 Å². The molecule has 0 aliphatic carbocycles. The van der Waals surface area contributed by atoms with E-state index in [9.17, 15) is 4.79 Å². The molecule has 0 atom stereocenters. The summed E-state index contributed by atoms with van der Waals surface area (Å²) in [5, 5.41) is 7.54. The quantitative estimate of drug-likeness (QED) is 0.207. The average molecular weight is 78.0 g/mol. The molecule has 0 spiro atoms. The third kappa shape index (κ3) is 9.19. The topological polar surface area (TPSA) is 37.3 Å². The van der Waals surface area contributed by atoms with Crippen LogP contribution in [-0.4, -0.2) is 11.1 Å². The summed E-state index contributed by atoms with van der Waals surface area (Å²) in [6.07, 6.45) is 0.583. The maximum Gasteiger partial charge on any atom is 1.00 e. The average Bonchev–Trinajstić information content (AvgIpc) is 1.38. The van der Waals surface area contributed by atoms with Crippen LogP contribution >= 0.6 is 0 Å². The molecular weight excluding hydrogens is 75.0 g/mol. The summed E-state index contributed by atoms with van der Waals surface area (Å²) in [7, 11) is 0. The third-order valence-electron chi connectivity index (χ3n) is 0.143. The van der Waals surface area contributed by atoms with Crippen molar-refractivity contribution in [2.24, 2.45) is 0 Å². The Kier molecular flexibility index (Phi) is 7.42. The van der Waals surface area contributed by atoms with E-state index >= 15 is 0 Å². The Balaban J connectivity index is 0. The molecule has 6 heavy (non-hydrogen) atoms. The van der Waals surface area contributed by atoms with Crippen molar-refractivity contribution in [1.29, 1.82) is 0 Å². The molecule has 0 unspecified atom stereocenters. The number of hydrogen-bond acceptors (Lipinski definition) is 1. The van der Waals surface area contributed by atoms with Crippen LogP contribution in [0.5, 0.6) is 0 Å². The second kappa shape index (κ2) is 4.81. The third-order valence-corrected chi connectivity index (χ3v) is 0.143. The van der Waals surface area contributed by atoms with Gasteiger partial charge in [0.05, 0.1) is 0 Å². The van der Waals surface area contributed by atoms with Crippen LogP contribution in [0.4, 0.5) is 0 Å². The van der Waals surface area contributed by atoms with Crippen LogP contribution in [0.3, 0.4) is 0 Å². The van der Waals surface area contributed by atoms with Gasteiger partial charge in [-0.15, -0.1) is 0 Å². The minimum atomic E-state index is -1.09. The Morgan fingerprint density at radius 1 is 1.83 bits per heavy atom. The van der Waals surface area contributed by atoms with Crippen LogP contribution in [0.2, 0.25) is 0 Å². The standard InChI is InChI=1S/C3H3O2.Li/c1-2-3(4)5;/h1-2H,(H,4,5);/q-1;+1. The van der Waals surface area contributed by atoms with E-state index in [-0.39, 0.29) is 18.9 Å². The Morgan fingerprint density at radius 2 is 2.00 bits per heavy atom. The number of rotatable bonds is 1. The van der Waals surface area contributed by atoms with Crippen LogP contribution in [0.1, 0.15) is 0 Å². The van der Waals surface area contributed by atoms with E-state index in [0.717, 1.165) is 0 Å². The molecule has 0 fully saturated rings. The Labute approximate surface area is 48.0 Å². The summed E-state index contributed by atoms with van der Waals surface area (Å²) in [6, 6.07) is 0. The van der Waals surface area contributed by atoms with Crippen molar-refractivity contribution in [2.75, 3.05) is 0 Å². The molecule has 0 rings (SSSR count). The zero-order valence-corrected chi connectivity index (χ0v) is 3.51. The summed E-state index contributed by atoms with van der Waals surface area (Å²) in [4.78, 5) is 9.19. The van der Waals surface area contributed by atoms with Gasteiger partial charge in [0.25, 0.3) is 0 Å². The Bertz CT molecular complexity index is 59.8. The van der Waals surface area contributed by atoms with Crippen molar-refractivity contribution >= 4 is 5.97 Å². The molecule has 3 heteroatoms. The molecule has 0 saturated carbocycles. The van der Waals surface area contributed by atoms with Crippen molar-refractivity contribution < 1.29 is 28.8 Å². The zero-order valence-electron chi connectivity index (χ0n) is 3.51. The molecule has 1 N–H and O–H groups in total. The SMILES string of the molecule is [CH-]=CC(=O)O.[Li+]. The van der Waals surface area contributed by atoms with Gasteiger partial charge in [-0.25, -0.2) is 0 Å². The molecule has 0 aliphatic rings. The first-order valence-electron chi connectivity index (χ1n) is 1.05. The summed E-state index contributed by atoms with van der Waals surface area (Å²) in [5.41, 5.74) is 0. The van der Waals surface area contributed by atoms with Gasteiger partial charge in [-0.3, -0.25) is 6.58 Å². The second-order valence-corrected chi connectivity index (χ2v) is 0.505. The van der Waals surface area contributed by atoms with Crippen molar-refractivity contribution in [2.45, 2.75) is 0 Å². The fourth-order valence-electron chi connectivity index (χ4n) is 0. The smallest absolute Gasteiger partial charge is 0.562 e. The van der Waals surface area contributed by atoms with E-state index in [2.05, 4.69) is 6.58 Å². The summed E-state index contributed by atoms with van der Waals surface area (Å²) in [6.45, 7) is 4.45. The minimum absolute atomic E-state index is 0. The molecule has 0 aromatic heterocycles. The maximum absolute atomic E-state index is 9.19. The van der Waals surface area contributed by atoms with Gasteiger partial charge in [0.2, 0.25) is 0 Å². The van der Waals surface area contributed by atoms with Gasteiger partial charge in [-0.1, -0.05) is 0 Å². The molecule has 0 heterocycles. The van der Waals surface area contributed by atoms with Crippen molar-refractivity contribution in [3.63, 3.8) is 0 Å². The molecule has 0 radical (unpaired) electrons. The molecule has 2 nitrogen and oxygen atoms in total. The van der Waals surface area contributed by atoms with Gasteiger partial charge in [0.1, 0.15) is 0 Å². The van der Waals surface area contributed by atoms with Crippen molar-refractivity contribution in [3.05, 3.63) is 12.7 Å². The van der Waals surface area contributed by atoms with E-state index in [0.29, 0.717) is 6.08 Å². The van der Waals surface area contributed by atoms with Crippen LogP contribution in [0.25, 0.3) is 0 Å². The fourth-order valence-corrected chi connectivity index (χ4v) is 0. The van der Waals surface area contributed by atoms with E-state index in [1.54, 1.807) is 0 Å². The minimum Gasteiger partial charge on any atom is -0.562 e. The predicted octanol–water partition coefficient (Wildman–Crippen LogP) is -2.94. The van der Waals surface area contributed by atoms with E-state index in [1.165, 1.54) is 0 Å². The number of carbonyl (C=O) groups is 1. The van der Waals surface area contributed by atoms with Crippen LogP contribution in [0, 0.1) is 6.58 Å². The molecule has 0 saturated heterocycles. The largest absolute Gasteiger partial charge is 1.00 e.